The lowest BCUT2D eigenvalue weighted by Gasteiger charge is -2.24. The maximum absolute atomic E-state index is 13.1. The third kappa shape index (κ3) is 3.99. The summed E-state index contributed by atoms with van der Waals surface area (Å²) < 4.78 is 5.26. The summed E-state index contributed by atoms with van der Waals surface area (Å²) in [7, 11) is 0. The highest BCUT2D eigenvalue weighted by Gasteiger charge is 2.23. The molecule has 1 atom stereocenters. The normalized spacial score (nSPS) is 12.0. The van der Waals surface area contributed by atoms with Crippen LogP contribution in [-0.4, -0.2) is 16.0 Å². The summed E-state index contributed by atoms with van der Waals surface area (Å²) in [6.45, 7) is 6.37. The molecule has 0 aliphatic heterocycles. The van der Waals surface area contributed by atoms with E-state index in [2.05, 4.69) is 10.1 Å². The number of hydrogen-bond acceptors (Lipinski definition) is 4. The Kier molecular flexibility index (Phi) is 5.46. The zero-order valence-corrected chi connectivity index (χ0v) is 15.3. The van der Waals surface area contributed by atoms with Crippen molar-refractivity contribution in [2.75, 3.05) is 4.90 Å². The van der Waals surface area contributed by atoms with Crippen molar-refractivity contribution >= 4 is 11.6 Å². The van der Waals surface area contributed by atoms with Gasteiger partial charge in [-0.1, -0.05) is 42.4 Å². The molecule has 0 radical (unpaired) electrons. The van der Waals surface area contributed by atoms with Crippen LogP contribution in [0.4, 0.5) is 5.69 Å². The largest absolute Gasteiger partial charge is 0.361 e. The van der Waals surface area contributed by atoms with E-state index in [4.69, 9.17) is 4.52 Å². The van der Waals surface area contributed by atoms with Crippen molar-refractivity contribution in [2.24, 2.45) is 0 Å². The molecule has 2 heterocycles. The molecule has 3 aromatic rings. The Hall–Kier alpha value is -2.95. The fourth-order valence-electron chi connectivity index (χ4n) is 3.28. The summed E-state index contributed by atoms with van der Waals surface area (Å²) in [4.78, 5) is 19.0. The Bertz CT molecular complexity index is 840. The van der Waals surface area contributed by atoms with Crippen LogP contribution in [0.5, 0.6) is 0 Å². The fourth-order valence-corrected chi connectivity index (χ4v) is 3.28. The van der Waals surface area contributed by atoms with Gasteiger partial charge in [0.15, 0.2) is 0 Å². The molecule has 0 saturated carbocycles. The molecule has 1 aromatic carbocycles. The van der Waals surface area contributed by atoms with Crippen LogP contribution in [0.25, 0.3) is 0 Å². The van der Waals surface area contributed by atoms with Crippen LogP contribution in [-0.2, 0) is 11.3 Å². The summed E-state index contributed by atoms with van der Waals surface area (Å²) in [6, 6.07) is 13.7. The minimum Gasteiger partial charge on any atom is -0.361 e. The standard InChI is InChI=1S/C21H23N3O2/c1-15(21-16(2)23-26-17(21)3)13-20(25)24(19-9-11-22-12-10-19)14-18-7-5-4-6-8-18/h4-12,15H,13-14H2,1-3H3/t15-/m1/s1. The van der Waals surface area contributed by atoms with Crippen molar-refractivity contribution in [3.8, 4) is 0 Å². The Morgan fingerprint density at radius 3 is 2.42 bits per heavy atom. The van der Waals surface area contributed by atoms with Crippen LogP contribution < -0.4 is 4.90 Å². The van der Waals surface area contributed by atoms with Crippen LogP contribution >= 0.6 is 0 Å². The average Bonchev–Trinajstić information content (AvgIpc) is 2.99. The van der Waals surface area contributed by atoms with Crippen LogP contribution in [0.3, 0.4) is 0 Å². The predicted molar refractivity (Wildman–Crippen MR) is 101 cm³/mol. The molecule has 0 spiro atoms. The fraction of sp³-hybridized carbons (Fsp3) is 0.286. The van der Waals surface area contributed by atoms with Crippen LogP contribution in [0.15, 0.2) is 59.4 Å². The van der Waals surface area contributed by atoms with Crippen molar-refractivity contribution in [1.29, 1.82) is 0 Å². The van der Waals surface area contributed by atoms with Gasteiger partial charge in [-0.2, -0.15) is 0 Å². The zero-order chi connectivity index (χ0) is 18.5. The summed E-state index contributed by atoms with van der Waals surface area (Å²) in [5.74, 6) is 0.878. The van der Waals surface area contributed by atoms with Crippen molar-refractivity contribution in [1.82, 2.24) is 10.1 Å². The summed E-state index contributed by atoms with van der Waals surface area (Å²) in [6.07, 6.45) is 3.80. The Labute approximate surface area is 153 Å². The zero-order valence-electron chi connectivity index (χ0n) is 15.3. The van der Waals surface area contributed by atoms with Crippen LogP contribution in [0, 0.1) is 13.8 Å². The SMILES string of the molecule is Cc1noc(C)c1[C@H](C)CC(=O)N(Cc1ccccc1)c1ccncc1. The lowest BCUT2D eigenvalue weighted by molar-refractivity contribution is -0.119. The number of pyridine rings is 1. The Morgan fingerprint density at radius 1 is 1.12 bits per heavy atom. The lowest BCUT2D eigenvalue weighted by Crippen LogP contribution is -2.31. The average molecular weight is 349 g/mol. The van der Waals surface area contributed by atoms with E-state index in [-0.39, 0.29) is 11.8 Å². The van der Waals surface area contributed by atoms with Gasteiger partial charge in [0.1, 0.15) is 5.76 Å². The molecule has 3 rings (SSSR count). The quantitative estimate of drug-likeness (QED) is 0.661. The molecule has 5 heteroatoms. The molecule has 1 amide bonds. The number of carbonyl (C=O) groups excluding carboxylic acids is 1. The first kappa shape index (κ1) is 17.9. The number of aryl methyl sites for hydroxylation is 2. The van der Waals surface area contributed by atoms with E-state index < -0.39 is 0 Å². The van der Waals surface area contributed by atoms with Gasteiger partial charge in [0.25, 0.3) is 0 Å². The molecule has 0 fully saturated rings. The predicted octanol–water partition coefficient (Wildman–Crippen LogP) is 4.41. The monoisotopic (exact) mass is 349 g/mol. The van der Waals surface area contributed by atoms with Gasteiger partial charge in [-0.05, 0) is 37.5 Å². The minimum absolute atomic E-state index is 0.0360. The van der Waals surface area contributed by atoms with E-state index in [0.717, 1.165) is 28.3 Å². The van der Waals surface area contributed by atoms with Gasteiger partial charge in [0, 0.05) is 30.1 Å². The van der Waals surface area contributed by atoms with Crippen LogP contribution in [0.1, 0.15) is 41.8 Å². The second-order valence-corrected chi connectivity index (χ2v) is 6.51. The highest BCUT2D eigenvalue weighted by Crippen LogP contribution is 2.28. The summed E-state index contributed by atoms with van der Waals surface area (Å²) >= 11 is 0. The molecule has 134 valence electrons. The second kappa shape index (κ2) is 7.95. The van der Waals surface area contributed by atoms with Gasteiger partial charge in [0.05, 0.1) is 12.2 Å². The third-order valence-corrected chi connectivity index (χ3v) is 4.52. The van der Waals surface area contributed by atoms with E-state index in [0.29, 0.717) is 13.0 Å². The van der Waals surface area contributed by atoms with Gasteiger partial charge in [-0.3, -0.25) is 9.78 Å². The topological polar surface area (TPSA) is 59.2 Å². The Balaban J connectivity index is 1.83. The molecule has 0 aliphatic carbocycles. The number of carbonyl (C=O) groups is 1. The van der Waals surface area contributed by atoms with Crippen molar-refractivity contribution < 1.29 is 9.32 Å². The highest BCUT2D eigenvalue weighted by atomic mass is 16.5. The second-order valence-electron chi connectivity index (χ2n) is 6.51. The number of hydrogen-bond donors (Lipinski definition) is 0. The molecule has 0 aliphatic rings. The van der Waals surface area contributed by atoms with E-state index in [9.17, 15) is 4.79 Å². The first-order valence-corrected chi connectivity index (χ1v) is 8.73. The molecule has 0 bridgehead atoms. The lowest BCUT2D eigenvalue weighted by atomic mass is 9.95. The third-order valence-electron chi connectivity index (χ3n) is 4.52. The number of rotatable bonds is 6. The van der Waals surface area contributed by atoms with Gasteiger partial charge in [-0.15, -0.1) is 0 Å². The highest BCUT2D eigenvalue weighted by molar-refractivity contribution is 5.93. The van der Waals surface area contributed by atoms with Gasteiger partial charge < -0.3 is 9.42 Å². The number of amides is 1. The van der Waals surface area contributed by atoms with Gasteiger partial charge >= 0.3 is 0 Å². The van der Waals surface area contributed by atoms with E-state index in [1.165, 1.54) is 0 Å². The molecule has 5 nitrogen and oxygen atoms in total. The molecule has 26 heavy (non-hydrogen) atoms. The molecule has 0 unspecified atom stereocenters. The van der Waals surface area contributed by atoms with Gasteiger partial charge in [-0.25, -0.2) is 0 Å². The smallest absolute Gasteiger partial charge is 0.227 e. The molecule has 2 aromatic heterocycles. The van der Waals surface area contributed by atoms with E-state index >= 15 is 0 Å². The molecular formula is C21H23N3O2. The maximum atomic E-state index is 13.1. The first-order chi connectivity index (χ1) is 12.6. The molecule has 0 N–H and O–H groups in total. The van der Waals surface area contributed by atoms with E-state index in [1.807, 2.05) is 68.1 Å². The molecule has 0 saturated heterocycles. The Morgan fingerprint density at radius 2 is 1.81 bits per heavy atom. The summed E-state index contributed by atoms with van der Waals surface area (Å²) in [5, 5.41) is 4.01. The summed E-state index contributed by atoms with van der Waals surface area (Å²) in [5.41, 5.74) is 3.80. The number of anilines is 1. The number of aromatic nitrogens is 2. The van der Waals surface area contributed by atoms with Crippen molar-refractivity contribution in [2.45, 2.75) is 39.7 Å². The number of nitrogens with zero attached hydrogens (tertiary/aromatic N) is 3. The number of benzene rings is 1. The first-order valence-electron chi connectivity index (χ1n) is 8.73. The van der Waals surface area contributed by atoms with E-state index in [1.54, 1.807) is 12.4 Å². The van der Waals surface area contributed by atoms with Crippen molar-refractivity contribution in [3.05, 3.63) is 77.4 Å². The van der Waals surface area contributed by atoms with Gasteiger partial charge in [0.2, 0.25) is 5.91 Å². The minimum atomic E-state index is 0.0360. The van der Waals surface area contributed by atoms with Crippen LogP contribution in [0.2, 0.25) is 0 Å². The maximum Gasteiger partial charge on any atom is 0.227 e. The molecular weight excluding hydrogens is 326 g/mol. The van der Waals surface area contributed by atoms with Crippen molar-refractivity contribution in [3.63, 3.8) is 0 Å².